The first-order chi connectivity index (χ1) is 4.63. The Labute approximate surface area is 58.3 Å². The Morgan fingerprint density at radius 1 is 1.50 bits per heavy atom. The molecule has 1 rings (SSSR count). The van der Waals surface area contributed by atoms with E-state index in [1.807, 2.05) is 0 Å². The van der Waals surface area contributed by atoms with E-state index in [1.54, 1.807) is 0 Å². The third-order valence-corrected chi connectivity index (χ3v) is 1.76. The highest BCUT2D eigenvalue weighted by Crippen LogP contribution is 2.46. The van der Waals surface area contributed by atoms with Crippen LogP contribution in [0.15, 0.2) is 0 Å². The fraction of sp³-hybridized carbons (Fsp3) is 0.667. The molecule has 1 saturated carbocycles. The number of rotatable bonds is 2. The van der Waals surface area contributed by atoms with Crippen LogP contribution in [0.3, 0.4) is 0 Å². The molecule has 4 nitrogen and oxygen atoms in total. The molecular weight excluding hydrogens is 134 g/mol. The van der Waals surface area contributed by atoms with E-state index in [9.17, 15) is 9.59 Å². The van der Waals surface area contributed by atoms with Crippen molar-refractivity contribution in [1.29, 1.82) is 0 Å². The predicted molar refractivity (Wildman–Crippen MR) is 31.8 cm³/mol. The van der Waals surface area contributed by atoms with Crippen LogP contribution < -0.4 is 5.73 Å². The topological polar surface area (TPSA) is 67.2 Å². The van der Waals surface area contributed by atoms with Gasteiger partial charge in [-0.3, -0.25) is 15.3 Å². The minimum Gasteiger partial charge on any atom is -0.468 e. The van der Waals surface area contributed by atoms with Crippen molar-refractivity contribution in [2.45, 2.75) is 12.8 Å². The summed E-state index contributed by atoms with van der Waals surface area (Å²) in [5.74, 6) is -1.38. The van der Waals surface area contributed by atoms with Gasteiger partial charge in [0.25, 0.3) is 5.91 Å². The number of amides is 1. The number of hydrogen-bond acceptors (Lipinski definition) is 3. The molecule has 55 valence electrons. The smallest absolute Gasteiger partial charge is 0.321 e. The van der Waals surface area contributed by atoms with Gasteiger partial charge in [0.15, 0.2) is 0 Å². The molecule has 1 fully saturated rings. The molecule has 0 aromatic rings. The zero-order chi connectivity index (χ0) is 7.78. The van der Waals surface area contributed by atoms with Crippen LogP contribution in [-0.2, 0) is 14.3 Å². The van der Waals surface area contributed by atoms with E-state index in [-0.39, 0.29) is 0 Å². The number of nitrogens with one attached hydrogen (secondary N) is 1. The summed E-state index contributed by atoms with van der Waals surface area (Å²) in [5, 5.41) is 0. The van der Waals surface area contributed by atoms with Gasteiger partial charge in [0.05, 0.1) is 7.11 Å². The lowest BCUT2D eigenvalue weighted by Gasteiger charge is -2.04. The van der Waals surface area contributed by atoms with E-state index in [4.69, 9.17) is 5.73 Å². The van der Waals surface area contributed by atoms with Gasteiger partial charge in [0, 0.05) is 0 Å². The fourth-order valence-electron chi connectivity index (χ4n) is 0.844. The van der Waals surface area contributed by atoms with Crippen molar-refractivity contribution in [2.75, 3.05) is 7.11 Å². The van der Waals surface area contributed by atoms with Crippen LogP contribution in [-0.4, -0.2) is 19.0 Å². The Balaban J connectivity index is 2.69. The Morgan fingerprint density at radius 2 is 2.00 bits per heavy atom. The normalized spacial score (nSPS) is 19.7. The van der Waals surface area contributed by atoms with Crippen molar-refractivity contribution < 1.29 is 14.3 Å². The van der Waals surface area contributed by atoms with Gasteiger partial charge in [0.1, 0.15) is 5.41 Å². The maximum Gasteiger partial charge on any atom is 0.321 e. The molecule has 0 saturated heterocycles. The lowest BCUT2D eigenvalue weighted by atomic mass is 10.1. The van der Waals surface area contributed by atoms with E-state index in [1.165, 1.54) is 7.11 Å². The Bertz CT molecular complexity index is 183. The standard InChI is InChI=1S/C6H8NO3/c1-10-5(9)6(2-3-6)4(7)8/h7H,2-3H2,1H3. The SMILES string of the molecule is COC(=O)C1(C([NH])=O)CC1. The molecule has 0 atom stereocenters. The van der Waals surface area contributed by atoms with Crippen LogP contribution in [0, 0.1) is 5.41 Å². The maximum atomic E-state index is 10.8. The molecule has 0 aliphatic heterocycles. The van der Waals surface area contributed by atoms with E-state index < -0.39 is 17.3 Å². The average molecular weight is 142 g/mol. The third-order valence-electron chi connectivity index (χ3n) is 1.76. The highest BCUT2D eigenvalue weighted by Gasteiger charge is 2.57. The Morgan fingerprint density at radius 3 is 2.10 bits per heavy atom. The number of hydrogen-bond donors (Lipinski definition) is 0. The van der Waals surface area contributed by atoms with Gasteiger partial charge < -0.3 is 4.74 Å². The molecule has 10 heavy (non-hydrogen) atoms. The van der Waals surface area contributed by atoms with E-state index in [0.717, 1.165) is 0 Å². The van der Waals surface area contributed by atoms with Gasteiger partial charge in [-0.15, -0.1) is 0 Å². The number of carbonyl (C=O) groups excluding carboxylic acids is 2. The van der Waals surface area contributed by atoms with Crippen LogP contribution in [0.2, 0.25) is 0 Å². The largest absolute Gasteiger partial charge is 0.468 e. The van der Waals surface area contributed by atoms with Crippen molar-refractivity contribution in [3.05, 3.63) is 0 Å². The maximum absolute atomic E-state index is 10.8. The third kappa shape index (κ3) is 0.761. The Hall–Kier alpha value is -1.06. The molecule has 0 spiro atoms. The molecule has 0 unspecified atom stereocenters. The van der Waals surface area contributed by atoms with Crippen molar-refractivity contribution in [1.82, 2.24) is 5.73 Å². The van der Waals surface area contributed by atoms with Gasteiger partial charge in [-0.25, -0.2) is 0 Å². The van der Waals surface area contributed by atoms with Crippen LogP contribution >= 0.6 is 0 Å². The first-order valence-electron chi connectivity index (χ1n) is 2.98. The van der Waals surface area contributed by atoms with Crippen LogP contribution in [0.5, 0.6) is 0 Å². The summed E-state index contributed by atoms with van der Waals surface area (Å²) < 4.78 is 4.36. The number of esters is 1. The van der Waals surface area contributed by atoms with Gasteiger partial charge in [-0.2, -0.15) is 0 Å². The van der Waals surface area contributed by atoms with Crippen molar-refractivity contribution in [3.63, 3.8) is 0 Å². The number of ether oxygens (including phenoxy) is 1. The summed E-state index contributed by atoms with van der Waals surface area (Å²) in [6.45, 7) is 0. The summed E-state index contributed by atoms with van der Waals surface area (Å²) in [6.07, 6.45) is 0.948. The van der Waals surface area contributed by atoms with E-state index in [2.05, 4.69) is 4.74 Å². The minimum absolute atomic E-state index is 0.474. The molecule has 0 heterocycles. The molecule has 1 aliphatic carbocycles. The molecule has 1 radical (unpaired) electrons. The van der Waals surface area contributed by atoms with E-state index in [0.29, 0.717) is 12.8 Å². The molecular formula is C6H8NO3. The summed E-state index contributed by atoms with van der Waals surface area (Å²) >= 11 is 0. The van der Waals surface area contributed by atoms with Crippen LogP contribution in [0.4, 0.5) is 0 Å². The van der Waals surface area contributed by atoms with Gasteiger partial charge in [0.2, 0.25) is 0 Å². The zero-order valence-electron chi connectivity index (χ0n) is 5.64. The van der Waals surface area contributed by atoms with Gasteiger partial charge in [-0.1, -0.05) is 0 Å². The zero-order valence-corrected chi connectivity index (χ0v) is 5.64. The molecule has 4 heteroatoms. The highest BCUT2D eigenvalue weighted by molar-refractivity contribution is 6.04. The second-order valence-corrected chi connectivity index (χ2v) is 2.40. The monoisotopic (exact) mass is 142 g/mol. The Kier molecular flexibility index (Phi) is 1.39. The highest BCUT2D eigenvalue weighted by atomic mass is 16.5. The number of carbonyl (C=O) groups is 2. The molecule has 1 aliphatic rings. The van der Waals surface area contributed by atoms with E-state index >= 15 is 0 Å². The summed E-state index contributed by atoms with van der Waals surface area (Å²) in [7, 11) is 1.23. The lowest BCUT2D eigenvalue weighted by molar-refractivity contribution is -0.151. The molecule has 0 bridgehead atoms. The molecule has 0 aromatic heterocycles. The fourth-order valence-corrected chi connectivity index (χ4v) is 0.844. The molecule has 0 aromatic carbocycles. The second kappa shape index (κ2) is 1.97. The van der Waals surface area contributed by atoms with Crippen molar-refractivity contribution in [3.8, 4) is 0 Å². The summed E-state index contributed by atoms with van der Waals surface area (Å²) in [4.78, 5) is 21.3. The average Bonchev–Trinajstić information content (AvgIpc) is 2.65. The van der Waals surface area contributed by atoms with Crippen LogP contribution in [0.1, 0.15) is 12.8 Å². The second-order valence-electron chi connectivity index (χ2n) is 2.40. The van der Waals surface area contributed by atoms with Crippen molar-refractivity contribution >= 4 is 11.9 Å². The quantitative estimate of drug-likeness (QED) is 0.394. The summed E-state index contributed by atoms with van der Waals surface area (Å²) in [6, 6.07) is 0. The van der Waals surface area contributed by atoms with Crippen LogP contribution in [0.25, 0.3) is 0 Å². The number of methoxy groups -OCH3 is 1. The van der Waals surface area contributed by atoms with Gasteiger partial charge in [-0.05, 0) is 12.8 Å². The van der Waals surface area contributed by atoms with Gasteiger partial charge >= 0.3 is 5.97 Å². The summed E-state index contributed by atoms with van der Waals surface area (Å²) in [5.41, 5.74) is 5.66. The first-order valence-corrected chi connectivity index (χ1v) is 2.98. The predicted octanol–water partition coefficient (Wildman–Crippen LogP) is -0.251. The van der Waals surface area contributed by atoms with Crippen molar-refractivity contribution in [2.24, 2.45) is 5.41 Å². The molecule has 1 amide bonds. The first kappa shape index (κ1) is 7.05. The minimum atomic E-state index is -1.07. The lowest BCUT2D eigenvalue weighted by Crippen LogP contribution is -2.27. The molecule has 1 N–H and O–H groups in total.